The quantitative estimate of drug-likeness (QED) is 0.294. The number of nitro groups is 1. The number of hydrogen-bond donors (Lipinski definition) is 0. The molecule has 23 heavy (non-hydrogen) atoms. The maximum Gasteiger partial charge on any atom is 0.319 e. The van der Waals surface area contributed by atoms with Gasteiger partial charge in [-0.25, -0.2) is 0 Å². The molecule has 0 saturated heterocycles. The topological polar surface area (TPSA) is 46.4 Å². The van der Waals surface area contributed by atoms with Crippen molar-refractivity contribution in [3.8, 4) is 0 Å². The fourth-order valence-corrected chi connectivity index (χ4v) is 3.63. The molecule has 0 aromatic heterocycles. The Labute approximate surface area is 158 Å². The van der Waals surface area contributed by atoms with E-state index in [2.05, 4.69) is 15.9 Å². The number of rotatable bonds is 8. The van der Waals surface area contributed by atoms with E-state index < -0.39 is 4.92 Å². The summed E-state index contributed by atoms with van der Waals surface area (Å²) in [5, 5.41) is 12.0. The number of halogens is 3. The first-order valence-corrected chi connectivity index (χ1v) is 9.47. The molecule has 1 rings (SSSR count). The maximum absolute atomic E-state index is 11.5. The van der Waals surface area contributed by atoms with Crippen LogP contribution in [-0.2, 0) is 5.75 Å². The molecule has 0 radical (unpaired) electrons. The van der Waals surface area contributed by atoms with Crippen LogP contribution in [0.25, 0.3) is 0 Å². The molecule has 0 aliphatic rings. The monoisotopic (exact) mass is 438 g/mol. The average molecular weight is 440 g/mol. The number of thioether (sulfide) groups is 1. The van der Waals surface area contributed by atoms with Crippen LogP contribution >= 0.6 is 50.9 Å². The Bertz CT molecular complexity index is 601. The summed E-state index contributed by atoms with van der Waals surface area (Å²) >= 11 is 16.3. The van der Waals surface area contributed by atoms with Gasteiger partial charge in [0, 0.05) is 18.8 Å². The Morgan fingerprint density at radius 3 is 2.26 bits per heavy atom. The van der Waals surface area contributed by atoms with E-state index >= 15 is 0 Å². The summed E-state index contributed by atoms with van der Waals surface area (Å²) in [5.74, 6) is 0.605. The SMILES string of the molecule is CCN(CC)C(SCc1ccccc1)=C(C(Cl)=C(Cl)Br)[N+](=O)[O-]. The van der Waals surface area contributed by atoms with Crippen molar-refractivity contribution < 1.29 is 4.92 Å². The molecule has 0 aliphatic heterocycles. The van der Waals surface area contributed by atoms with Gasteiger partial charge in [0.1, 0.15) is 8.97 Å². The minimum atomic E-state index is -0.488. The summed E-state index contributed by atoms with van der Waals surface area (Å²) in [6.45, 7) is 5.15. The van der Waals surface area contributed by atoms with Crippen molar-refractivity contribution in [2.24, 2.45) is 0 Å². The average Bonchev–Trinajstić information content (AvgIpc) is 2.53. The van der Waals surface area contributed by atoms with Gasteiger partial charge in [0.25, 0.3) is 0 Å². The second-order valence-corrected chi connectivity index (χ2v) is 7.40. The van der Waals surface area contributed by atoms with Gasteiger partial charge >= 0.3 is 5.70 Å². The van der Waals surface area contributed by atoms with Gasteiger partial charge < -0.3 is 4.90 Å². The lowest BCUT2D eigenvalue weighted by Crippen LogP contribution is -2.24. The van der Waals surface area contributed by atoms with Crippen LogP contribution in [0.3, 0.4) is 0 Å². The smallest absolute Gasteiger partial charge is 0.319 e. The van der Waals surface area contributed by atoms with Gasteiger partial charge in [-0.05, 0) is 35.3 Å². The molecule has 0 amide bonds. The van der Waals surface area contributed by atoms with Gasteiger partial charge in [-0.2, -0.15) is 0 Å². The zero-order valence-electron chi connectivity index (χ0n) is 12.8. The maximum atomic E-state index is 11.5. The standard InChI is InChI=1S/C15H17BrCl2N2O2S/c1-3-19(4-2)15(13(20(21)22)12(17)14(16)18)23-10-11-8-6-5-7-9-11/h5-9H,3-4,10H2,1-2H3. The molecule has 0 bridgehead atoms. The largest absolute Gasteiger partial charge is 0.361 e. The van der Waals surface area contributed by atoms with Crippen molar-refractivity contribution in [1.82, 2.24) is 4.90 Å². The van der Waals surface area contributed by atoms with Gasteiger partial charge in [-0.1, -0.05) is 65.3 Å². The predicted molar refractivity (Wildman–Crippen MR) is 102 cm³/mol. The van der Waals surface area contributed by atoms with Gasteiger partial charge in [-0.3, -0.25) is 10.1 Å². The van der Waals surface area contributed by atoms with Crippen LogP contribution in [0.15, 0.2) is 50.0 Å². The summed E-state index contributed by atoms with van der Waals surface area (Å²) in [6.07, 6.45) is 0. The Kier molecular flexibility index (Phi) is 9.06. The predicted octanol–water partition coefficient (Wildman–Crippen LogP) is 5.75. The first kappa shape index (κ1) is 20.4. The second-order valence-electron chi connectivity index (χ2n) is 4.43. The molecule has 0 N–H and O–H groups in total. The second kappa shape index (κ2) is 10.2. The van der Waals surface area contributed by atoms with Crippen molar-refractivity contribution in [2.45, 2.75) is 19.6 Å². The van der Waals surface area contributed by atoms with Crippen LogP contribution in [0.1, 0.15) is 19.4 Å². The fourth-order valence-electron chi connectivity index (χ4n) is 1.89. The minimum Gasteiger partial charge on any atom is -0.361 e. The molecule has 1 aromatic rings. The first-order valence-electron chi connectivity index (χ1n) is 6.93. The van der Waals surface area contributed by atoms with Crippen LogP contribution < -0.4 is 0 Å². The van der Waals surface area contributed by atoms with Crippen LogP contribution in [0.5, 0.6) is 0 Å². The summed E-state index contributed by atoms with van der Waals surface area (Å²) < 4.78 is 0.0239. The molecule has 8 heteroatoms. The Morgan fingerprint density at radius 1 is 1.26 bits per heavy atom. The van der Waals surface area contributed by atoms with E-state index in [4.69, 9.17) is 23.2 Å². The molecule has 0 heterocycles. The van der Waals surface area contributed by atoms with Crippen molar-refractivity contribution in [1.29, 1.82) is 0 Å². The van der Waals surface area contributed by atoms with E-state index in [-0.39, 0.29) is 14.7 Å². The summed E-state index contributed by atoms with van der Waals surface area (Å²) in [7, 11) is 0. The minimum absolute atomic E-state index is 0.0239. The van der Waals surface area contributed by atoms with Crippen molar-refractivity contribution in [3.05, 3.63) is 65.7 Å². The van der Waals surface area contributed by atoms with E-state index in [1.54, 1.807) is 0 Å². The van der Waals surface area contributed by atoms with E-state index in [1.807, 2.05) is 49.1 Å². The number of allylic oxidation sites excluding steroid dienone is 1. The Hall–Kier alpha value is -0.690. The molecule has 0 unspecified atom stereocenters. The van der Waals surface area contributed by atoms with Crippen LogP contribution in [0.2, 0.25) is 0 Å². The van der Waals surface area contributed by atoms with Crippen molar-refractivity contribution in [3.63, 3.8) is 0 Å². The van der Waals surface area contributed by atoms with Crippen LogP contribution in [-0.4, -0.2) is 22.9 Å². The first-order chi connectivity index (χ1) is 10.9. The van der Waals surface area contributed by atoms with Crippen LogP contribution in [0.4, 0.5) is 0 Å². The van der Waals surface area contributed by atoms with Gasteiger partial charge in [-0.15, -0.1) is 0 Å². The highest BCUT2D eigenvalue weighted by molar-refractivity contribution is 9.12. The molecule has 0 aliphatic carbocycles. The molecule has 0 spiro atoms. The lowest BCUT2D eigenvalue weighted by atomic mass is 10.2. The van der Waals surface area contributed by atoms with Gasteiger partial charge in [0.15, 0.2) is 5.03 Å². The normalized spacial score (nSPS) is 13.3. The van der Waals surface area contributed by atoms with E-state index in [0.29, 0.717) is 23.9 Å². The number of benzene rings is 1. The number of hydrogen-bond acceptors (Lipinski definition) is 4. The summed E-state index contributed by atoms with van der Waals surface area (Å²) in [6, 6.07) is 9.77. The molecular weight excluding hydrogens is 423 g/mol. The zero-order valence-corrected chi connectivity index (χ0v) is 16.7. The molecule has 0 saturated carbocycles. The molecule has 1 aromatic carbocycles. The highest BCUT2D eigenvalue weighted by Crippen LogP contribution is 2.35. The zero-order chi connectivity index (χ0) is 17.4. The summed E-state index contributed by atoms with van der Waals surface area (Å²) in [5.41, 5.74) is 0.896. The van der Waals surface area contributed by atoms with E-state index in [1.165, 1.54) is 11.8 Å². The highest BCUT2D eigenvalue weighted by Gasteiger charge is 2.28. The summed E-state index contributed by atoms with van der Waals surface area (Å²) in [4.78, 5) is 13.0. The van der Waals surface area contributed by atoms with Crippen molar-refractivity contribution >= 4 is 50.9 Å². The Morgan fingerprint density at radius 2 is 1.83 bits per heavy atom. The molecule has 4 nitrogen and oxygen atoms in total. The van der Waals surface area contributed by atoms with Crippen molar-refractivity contribution in [2.75, 3.05) is 13.1 Å². The molecule has 0 fully saturated rings. The fraction of sp³-hybridized carbons (Fsp3) is 0.333. The third-order valence-electron chi connectivity index (χ3n) is 3.03. The Balaban J connectivity index is 3.28. The van der Waals surface area contributed by atoms with Gasteiger partial charge in [0.05, 0.1) is 4.92 Å². The lowest BCUT2D eigenvalue weighted by molar-refractivity contribution is -0.421. The van der Waals surface area contributed by atoms with E-state index in [9.17, 15) is 10.1 Å². The van der Waals surface area contributed by atoms with Crippen LogP contribution in [0, 0.1) is 10.1 Å². The molecular formula is C15H17BrCl2N2O2S. The molecule has 126 valence electrons. The third-order valence-corrected chi connectivity index (χ3v) is 5.51. The molecule has 0 atom stereocenters. The number of nitrogens with zero attached hydrogens (tertiary/aromatic N) is 2. The third kappa shape index (κ3) is 6.03. The van der Waals surface area contributed by atoms with E-state index in [0.717, 1.165) is 5.56 Å². The lowest BCUT2D eigenvalue weighted by Gasteiger charge is -2.23. The highest BCUT2D eigenvalue weighted by atomic mass is 79.9. The van der Waals surface area contributed by atoms with Gasteiger partial charge in [0.2, 0.25) is 0 Å².